The number of sulfonamides is 1. The Hall–Kier alpha value is -2.26. The Bertz CT molecular complexity index is 768. The molecule has 2 rings (SSSR count). The summed E-state index contributed by atoms with van der Waals surface area (Å²) in [5.74, 6) is -1.45. The number of carbonyl (C=O) groups excluding carboxylic acids is 3. The van der Waals surface area contributed by atoms with E-state index >= 15 is 0 Å². The zero-order chi connectivity index (χ0) is 18.6. The molecule has 0 saturated heterocycles. The monoisotopic (exact) mass is 368 g/mol. The van der Waals surface area contributed by atoms with Crippen LogP contribution in [-0.2, 0) is 24.3 Å². The van der Waals surface area contributed by atoms with Crippen LogP contribution in [0.2, 0.25) is 0 Å². The maximum absolute atomic E-state index is 12.2. The van der Waals surface area contributed by atoms with Crippen LogP contribution in [0.25, 0.3) is 0 Å². The summed E-state index contributed by atoms with van der Waals surface area (Å²) in [6.07, 6.45) is 1.83. The molecule has 0 aromatic heterocycles. The second-order valence-electron chi connectivity index (χ2n) is 5.87. The highest BCUT2D eigenvalue weighted by atomic mass is 32.2. The molecule has 1 aromatic rings. The Kier molecular flexibility index (Phi) is 5.91. The van der Waals surface area contributed by atoms with Crippen molar-refractivity contribution in [1.82, 2.24) is 10.0 Å². The van der Waals surface area contributed by atoms with Crippen LogP contribution in [-0.4, -0.2) is 44.8 Å². The molecule has 2 N–H and O–H groups in total. The third-order valence-electron chi connectivity index (χ3n) is 3.54. The lowest BCUT2D eigenvalue weighted by Gasteiger charge is -2.14. The highest BCUT2D eigenvalue weighted by Gasteiger charge is 2.26. The van der Waals surface area contributed by atoms with Crippen molar-refractivity contribution in [2.24, 2.45) is 0 Å². The maximum Gasteiger partial charge on any atom is 0.324 e. The molecule has 1 amide bonds. The molecule has 1 aromatic carbocycles. The Labute approximate surface area is 146 Å². The van der Waals surface area contributed by atoms with Gasteiger partial charge >= 0.3 is 5.97 Å². The fourth-order valence-corrected chi connectivity index (χ4v) is 3.17. The number of carbonyl (C=O) groups is 3. The molecule has 0 aliphatic heterocycles. The van der Waals surface area contributed by atoms with Crippen molar-refractivity contribution in [2.75, 3.05) is 6.61 Å². The van der Waals surface area contributed by atoms with Crippen molar-refractivity contribution in [2.45, 2.75) is 43.7 Å². The van der Waals surface area contributed by atoms with E-state index in [1.54, 1.807) is 0 Å². The van der Waals surface area contributed by atoms with Crippen molar-refractivity contribution >= 4 is 27.7 Å². The number of esters is 1. The van der Waals surface area contributed by atoms with E-state index in [0.29, 0.717) is 5.56 Å². The van der Waals surface area contributed by atoms with E-state index in [0.717, 1.165) is 12.8 Å². The standard InChI is InChI=1S/C16H20N2O6S/c1-10(16(21)24-9-15(20)17-13-5-6-13)18-25(22,23)14-7-3-12(4-8-14)11(2)19/h3-4,7-8,10,13,18H,5-6,9H2,1-2H3,(H,17,20)/t10-/m0/s1. The van der Waals surface area contributed by atoms with Gasteiger partial charge in [-0.2, -0.15) is 4.72 Å². The van der Waals surface area contributed by atoms with Gasteiger partial charge < -0.3 is 10.1 Å². The second kappa shape index (κ2) is 7.75. The fourth-order valence-electron chi connectivity index (χ4n) is 1.98. The maximum atomic E-state index is 12.2. The van der Waals surface area contributed by atoms with Gasteiger partial charge in [-0.25, -0.2) is 8.42 Å². The summed E-state index contributed by atoms with van der Waals surface area (Å²) in [6, 6.07) is 4.33. The molecule has 1 aliphatic carbocycles. The molecule has 1 saturated carbocycles. The number of hydrogen-bond acceptors (Lipinski definition) is 6. The van der Waals surface area contributed by atoms with E-state index < -0.39 is 34.5 Å². The van der Waals surface area contributed by atoms with Gasteiger partial charge in [0.2, 0.25) is 10.0 Å². The number of benzene rings is 1. The molecule has 25 heavy (non-hydrogen) atoms. The zero-order valence-electron chi connectivity index (χ0n) is 13.9. The van der Waals surface area contributed by atoms with Gasteiger partial charge in [-0.05, 0) is 38.8 Å². The number of nitrogens with one attached hydrogen (secondary N) is 2. The van der Waals surface area contributed by atoms with Crippen molar-refractivity contribution in [1.29, 1.82) is 0 Å². The second-order valence-corrected chi connectivity index (χ2v) is 7.59. The first-order valence-corrected chi connectivity index (χ1v) is 9.26. The topological polar surface area (TPSA) is 119 Å². The molecule has 8 nitrogen and oxygen atoms in total. The molecule has 1 aliphatic rings. The first-order valence-electron chi connectivity index (χ1n) is 7.78. The van der Waals surface area contributed by atoms with E-state index in [-0.39, 0.29) is 16.7 Å². The fraction of sp³-hybridized carbons (Fsp3) is 0.438. The van der Waals surface area contributed by atoms with Crippen molar-refractivity contribution < 1.29 is 27.5 Å². The van der Waals surface area contributed by atoms with E-state index in [1.165, 1.54) is 38.1 Å². The molecule has 9 heteroatoms. The molecule has 0 heterocycles. The average molecular weight is 368 g/mol. The van der Waals surface area contributed by atoms with Crippen molar-refractivity contribution in [3.63, 3.8) is 0 Å². The minimum atomic E-state index is -3.96. The minimum Gasteiger partial charge on any atom is -0.454 e. The zero-order valence-corrected chi connectivity index (χ0v) is 14.8. The number of hydrogen-bond donors (Lipinski definition) is 2. The molecular weight excluding hydrogens is 348 g/mol. The first kappa shape index (κ1) is 19.1. The van der Waals surface area contributed by atoms with Crippen LogP contribution >= 0.6 is 0 Å². The summed E-state index contributed by atoms with van der Waals surface area (Å²) < 4.78 is 31.5. The van der Waals surface area contributed by atoms with Gasteiger partial charge in [0.25, 0.3) is 5.91 Å². The highest BCUT2D eigenvalue weighted by molar-refractivity contribution is 7.89. The minimum absolute atomic E-state index is 0.0800. The molecule has 136 valence electrons. The lowest BCUT2D eigenvalue weighted by atomic mass is 10.2. The van der Waals surface area contributed by atoms with E-state index in [1.807, 2.05) is 0 Å². The molecule has 0 unspecified atom stereocenters. The summed E-state index contributed by atoms with van der Waals surface area (Å²) >= 11 is 0. The van der Waals surface area contributed by atoms with Crippen LogP contribution in [0.15, 0.2) is 29.2 Å². The van der Waals surface area contributed by atoms with E-state index in [2.05, 4.69) is 10.0 Å². The SMILES string of the molecule is CC(=O)c1ccc(S(=O)(=O)N[C@@H](C)C(=O)OCC(=O)NC2CC2)cc1. The smallest absolute Gasteiger partial charge is 0.324 e. The van der Waals surface area contributed by atoms with Crippen LogP contribution in [0.1, 0.15) is 37.0 Å². The Morgan fingerprint density at radius 3 is 2.32 bits per heavy atom. The lowest BCUT2D eigenvalue weighted by molar-refractivity contribution is -0.149. The summed E-state index contributed by atoms with van der Waals surface area (Å²) in [5.41, 5.74) is 0.382. The van der Waals surface area contributed by atoms with Gasteiger partial charge in [0, 0.05) is 11.6 Å². The molecule has 0 radical (unpaired) electrons. The normalized spacial score (nSPS) is 15.3. The van der Waals surface area contributed by atoms with Gasteiger partial charge in [0.05, 0.1) is 4.90 Å². The van der Waals surface area contributed by atoms with Gasteiger partial charge in [0.15, 0.2) is 12.4 Å². The summed E-state index contributed by atoms with van der Waals surface area (Å²) in [5, 5.41) is 2.65. The van der Waals surface area contributed by atoms with Crippen molar-refractivity contribution in [3.8, 4) is 0 Å². The Morgan fingerprint density at radius 2 is 1.80 bits per heavy atom. The Balaban J connectivity index is 1.90. The summed E-state index contributed by atoms with van der Waals surface area (Å²) in [7, 11) is -3.96. The third kappa shape index (κ3) is 5.64. The molecule has 0 spiro atoms. The number of amides is 1. The van der Waals surface area contributed by atoms with Crippen LogP contribution < -0.4 is 10.0 Å². The molecule has 1 fully saturated rings. The predicted molar refractivity (Wildman–Crippen MR) is 88.4 cm³/mol. The van der Waals surface area contributed by atoms with E-state index in [4.69, 9.17) is 4.74 Å². The molecule has 0 bridgehead atoms. The van der Waals surface area contributed by atoms with Gasteiger partial charge in [0.1, 0.15) is 6.04 Å². The van der Waals surface area contributed by atoms with Crippen LogP contribution in [0.5, 0.6) is 0 Å². The largest absolute Gasteiger partial charge is 0.454 e. The first-order chi connectivity index (χ1) is 11.7. The van der Waals surface area contributed by atoms with E-state index in [9.17, 15) is 22.8 Å². The average Bonchev–Trinajstić information content (AvgIpc) is 3.36. The number of ether oxygens (including phenoxy) is 1. The third-order valence-corrected chi connectivity index (χ3v) is 5.10. The molecule has 1 atom stereocenters. The molecular formula is C16H20N2O6S. The van der Waals surface area contributed by atoms with Gasteiger partial charge in [-0.1, -0.05) is 12.1 Å². The highest BCUT2D eigenvalue weighted by Crippen LogP contribution is 2.18. The van der Waals surface area contributed by atoms with Gasteiger partial charge in [-0.3, -0.25) is 14.4 Å². The number of Topliss-reactive ketones (excluding diaryl/α,β-unsaturated/α-hetero) is 1. The lowest BCUT2D eigenvalue weighted by Crippen LogP contribution is -2.41. The predicted octanol–water partition coefficient (Wildman–Crippen LogP) is 0.378. The summed E-state index contributed by atoms with van der Waals surface area (Å²) in [4.78, 5) is 34.4. The van der Waals surface area contributed by atoms with Gasteiger partial charge in [-0.15, -0.1) is 0 Å². The number of ketones is 1. The van der Waals surface area contributed by atoms with Crippen LogP contribution in [0.4, 0.5) is 0 Å². The summed E-state index contributed by atoms with van der Waals surface area (Å²) in [6.45, 7) is 2.25. The van der Waals surface area contributed by atoms with Crippen LogP contribution in [0.3, 0.4) is 0 Å². The van der Waals surface area contributed by atoms with Crippen molar-refractivity contribution in [3.05, 3.63) is 29.8 Å². The number of rotatable bonds is 8. The van der Waals surface area contributed by atoms with Crippen LogP contribution in [0, 0.1) is 0 Å². The quantitative estimate of drug-likeness (QED) is 0.506. The Morgan fingerprint density at radius 1 is 1.20 bits per heavy atom.